The van der Waals surface area contributed by atoms with Gasteiger partial charge in [-0.15, -0.1) is 0 Å². The second-order valence-corrected chi connectivity index (χ2v) is 5.36. The first-order chi connectivity index (χ1) is 10.3. The average molecular weight is 288 g/mol. The number of nitrogens with zero attached hydrogens (tertiary/aromatic N) is 1. The van der Waals surface area contributed by atoms with Crippen LogP contribution >= 0.6 is 0 Å². The highest BCUT2D eigenvalue weighted by Gasteiger charge is 2.31. The van der Waals surface area contributed by atoms with Crippen molar-refractivity contribution in [2.24, 2.45) is 0 Å². The van der Waals surface area contributed by atoms with Crippen LogP contribution in [0.25, 0.3) is 11.3 Å². The summed E-state index contributed by atoms with van der Waals surface area (Å²) in [6.07, 6.45) is 3.34. The third-order valence-electron chi connectivity index (χ3n) is 4.00. The zero-order valence-corrected chi connectivity index (χ0v) is 11.5. The highest BCUT2D eigenvalue weighted by molar-refractivity contribution is 5.80. The Morgan fingerprint density at radius 2 is 1.76 bits per heavy atom. The Morgan fingerprint density at radius 1 is 1.05 bits per heavy atom. The molecule has 0 saturated carbocycles. The van der Waals surface area contributed by atoms with Crippen LogP contribution in [0.4, 0.5) is 5.88 Å². The molecule has 4 rings (SSSR count). The van der Waals surface area contributed by atoms with Crippen LogP contribution in [0.3, 0.4) is 0 Å². The number of anilines is 1. The van der Waals surface area contributed by atoms with Crippen LogP contribution in [-0.2, 0) is 12.8 Å². The van der Waals surface area contributed by atoms with Crippen LogP contribution < -0.4 is 15.2 Å². The molecule has 0 spiro atoms. The first kappa shape index (κ1) is 12.4. The Balaban J connectivity index is 2.03. The van der Waals surface area contributed by atoms with Gasteiger partial charge in [0.05, 0.1) is 18.8 Å². The molecular weight excluding hydrogens is 272 g/mol. The van der Waals surface area contributed by atoms with E-state index in [2.05, 4.69) is 5.16 Å². The van der Waals surface area contributed by atoms with Gasteiger partial charge in [0.15, 0.2) is 11.5 Å². The summed E-state index contributed by atoms with van der Waals surface area (Å²) in [7, 11) is 0. The molecule has 0 unspecified atom stereocenters. The fourth-order valence-electron chi connectivity index (χ4n) is 3.10. The Hall–Kier alpha value is -2.37. The number of nitrogen functional groups attached to an aromatic ring is 1. The second-order valence-electron chi connectivity index (χ2n) is 5.36. The second kappa shape index (κ2) is 4.58. The number of fused-ring (bicyclic) bond motifs is 2. The normalized spacial score (nSPS) is 16.6. The van der Waals surface area contributed by atoms with Crippen molar-refractivity contribution in [3.05, 3.63) is 17.2 Å². The van der Waals surface area contributed by atoms with Crippen molar-refractivity contribution in [3.8, 4) is 28.5 Å². The third kappa shape index (κ3) is 1.82. The summed E-state index contributed by atoms with van der Waals surface area (Å²) in [4.78, 5) is 0. The van der Waals surface area contributed by atoms with E-state index in [0.29, 0.717) is 30.4 Å². The van der Waals surface area contributed by atoms with Gasteiger partial charge in [-0.25, -0.2) is 0 Å². The molecule has 0 radical (unpaired) electrons. The van der Waals surface area contributed by atoms with Gasteiger partial charge in [0.25, 0.3) is 0 Å². The number of aromatic nitrogens is 1. The van der Waals surface area contributed by atoms with E-state index in [1.54, 1.807) is 6.07 Å². The Bertz CT molecular complexity index is 671. The highest BCUT2D eigenvalue weighted by atomic mass is 16.5. The molecule has 2 aliphatic heterocycles. The van der Waals surface area contributed by atoms with Crippen molar-refractivity contribution in [1.82, 2.24) is 5.16 Å². The molecule has 0 saturated heterocycles. The molecule has 0 bridgehead atoms. The fraction of sp³-hybridized carbons (Fsp3) is 0.400. The molecule has 21 heavy (non-hydrogen) atoms. The molecule has 1 aromatic carbocycles. The Morgan fingerprint density at radius 3 is 2.48 bits per heavy atom. The average Bonchev–Trinajstić information content (AvgIpc) is 2.94. The Labute approximate surface area is 121 Å². The first-order valence-electron chi connectivity index (χ1n) is 7.14. The molecule has 0 fully saturated rings. The molecular formula is C15H16N2O4. The number of nitrogens with two attached hydrogens (primary N) is 1. The summed E-state index contributed by atoms with van der Waals surface area (Å²) < 4.78 is 16.5. The summed E-state index contributed by atoms with van der Waals surface area (Å²) in [6.45, 7) is 1.24. The van der Waals surface area contributed by atoms with Gasteiger partial charge in [-0.2, -0.15) is 0 Å². The summed E-state index contributed by atoms with van der Waals surface area (Å²) >= 11 is 0. The molecule has 0 atom stereocenters. The lowest BCUT2D eigenvalue weighted by molar-refractivity contribution is 0.257. The largest absolute Gasteiger partial charge is 0.504 e. The van der Waals surface area contributed by atoms with Crippen molar-refractivity contribution in [3.63, 3.8) is 0 Å². The standard InChI is InChI=1S/C15H16N2O4/c16-11-7-10(17-21-11)12-8-3-1-6-20-15(8)13(18)9-4-2-5-19-14(9)12/h7,18H,1-6,16H2. The van der Waals surface area contributed by atoms with E-state index in [0.717, 1.165) is 42.4 Å². The maximum atomic E-state index is 10.5. The minimum absolute atomic E-state index is 0.208. The van der Waals surface area contributed by atoms with Gasteiger partial charge in [0.1, 0.15) is 11.4 Å². The highest BCUT2D eigenvalue weighted by Crippen LogP contribution is 2.51. The maximum absolute atomic E-state index is 10.5. The number of phenolic OH excluding ortho intramolecular Hbond substituents is 1. The summed E-state index contributed by atoms with van der Waals surface area (Å²) in [5.41, 5.74) is 8.84. The van der Waals surface area contributed by atoms with Crippen LogP contribution in [0, 0.1) is 0 Å². The molecule has 110 valence electrons. The number of benzene rings is 1. The first-order valence-corrected chi connectivity index (χ1v) is 7.14. The lowest BCUT2D eigenvalue weighted by Crippen LogP contribution is -2.16. The maximum Gasteiger partial charge on any atom is 0.222 e. The minimum atomic E-state index is 0.208. The molecule has 3 N–H and O–H groups in total. The molecule has 2 aliphatic rings. The van der Waals surface area contributed by atoms with Crippen molar-refractivity contribution in [1.29, 1.82) is 0 Å². The lowest BCUT2D eigenvalue weighted by Gasteiger charge is -2.28. The molecule has 6 heteroatoms. The molecule has 3 heterocycles. The molecule has 6 nitrogen and oxygen atoms in total. The van der Waals surface area contributed by atoms with E-state index in [9.17, 15) is 5.11 Å². The molecule has 0 aliphatic carbocycles. The predicted molar refractivity (Wildman–Crippen MR) is 75.6 cm³/mol. The van der Waals surface area contributed by atoms with Crippen LogP contribution in [-0.4, -0.2) is 23.5 Å². The van der Waals surface area contributed by atoms with Gasteiger partial charge in [-0.3, -0.25) is 0 Å². The number of phenols is 1. The van der Waals surface area contributed by atoms with E-state index in [1.165, 1.54) is 0 Å². The molecule has 1 aromatic heterocycles. The number of aromatic hydroxyl groups is 1. The van der Waals surface area contributed by atoms with E-state index in [1.807, 2.05) is 0 Å². The monoisotopic (exact) mass is 288 g/mol. The van der Waals surface area contributed by atoms with E-state index in [4.69, 9.17) is 19.7 Å². The smallest absolute Gasteiger partial charge is 0.222 e. The van der Waals surface area contributed by atoms with E-state index in [-0.39, 0.29) is 11.6 Å². The zero-order valence-electron chi connectivity index (χ0n) is 11.5. The van der Waals surface area contributed by atoms with Gasteiger partial charge in [-0.05, 0) is 25.7 Å². The van der Waals surface area contributed by atoms with E-state index >= 15 is 0 Å². The van der Waals surface area contributed by atoms with Gasteiger partial charge in [-0.1, -0.05) is 5.16 Å². The zero-order chi connectivity index (χ0) is 14.4. The summed E-state index contributed by atoms with van der Waals surface area (Å²) in [6, 6.07) is 1.68. The van der Waals surface area contributed by atoms with Crippen molar-refractivity contribution in [2.45, 2.75) is 25.7 Å². The number of hydrogen-bond donors (Lipinski definition) is 2. The van der Waals surface area contributed by atoms with Crippen LogP contribution in [0.2, 0.25) is 0 Å². The van der Waals surface area contributed by atoms with Crippen LogP contribution in [0.5, 0.6) is 17.2 Å². The van der Waals surface area contributed by atoms with Crippen molar-refractivity contribution >= 4 is 5.88 Å². The summed E-state index contributed by atoms with van der Waals surface area (Å²) in [5.74, 6) is 1.71. The lowest BCUT2D eigenvalue weighted by atomic mass is 9.90. The fourth-order valence-corrected chi connectivity index (χ4v) is 3.10. The van der Waals surface area contributed by atoms with Gasteiger partial charge in [0.2, 0.25) is 5.88 Å². The quantitative estimate of drug-likeness (QED) is 0.836. The summed E-state index contributed by atoms with van der Waals surface area (Å²) in [5, 5.41) is 14.5. The predicted octanol–water partition coefficient (Wildman–Crippen LogP) is 2.28. The SMILES string of the molecule is Nc1cc(-c2c3c(c(O)c4c2OCCC4)OCCC3)no1. The third-order valence-corrected chi connectivity index (χ3v) is 4.00. The Kier molecular flexibility index (Phi) is 2.70. The molecule has 2 aromatic rings. The van der Waals surface area contributed by atoms with Crippen molar-refractivity contribution < 1.29 is 19.1 Å². The van der Waals surface area contributed by atoms with E-state index < -0.39 is 0 Å². The number of ether oxygens (including phenoxy) is 2. The minimum Gasteiger partial charge on any atom is -0.504 e. The van der Waals surface area contributed by atoms with Crippen LogP contribution in [0.1, 0.15) is 24.0 Å². The topological polar surface area (TPSA) is 90.7 Å². The van der Waals surface area contributed by atoms with Crippen LogP contribution in [0.15, 0.2) is 10.6 Å². The van der Waals surface area contributed by atoms with Gasteiger partial charge in [0, 0.05) is 17.2 Å². The number of hydrogen-bond acceptors (Lipinski definition) is 6. The van der Waals surface area contributed by atoms with Gasteiger partial charge >= 0.3 is 0 Å². The molecule has 0 amide bonds. The number of rotatable bonds is 1. The van der Waals surface area contributed by atoms with Gasteiger partial charge < -0.3 is 24.8 Å². The van der Waals surface area contributed by atoms with Crippen molar-refractivity contribution in [2.75, 3.05) is 18.9 Å².